The molecule has 1 atom stereocenters. The van der Waals surface area contributed by atoms with Crippen molar-refractivity contribution >= 4 is 8.80 Å². The summed E-state index contributed by atoms with van der Waals surface area (Å²) in [4.78, 5) is 7.41. The largest absolute Gasteiger partial charge is 0.443 e. The van der Waals surface area contributed by atoms with Crippen LogP contribution in [-0.2, 0) is 4.43 Å². The summed E-state index contributed by atoms with van der Waals surface area (Å²) in [7, 11) is -0.654. The average molecular weight is 304 g/mol. The third-order valence-electron chi connectivity index (χ3n) is 2.91. The van der Waals surface area contributed by atoms with Gasteiger partial charge < -0.3 is 4.43 Å². The number of hydrogen-bond acceptors (Lipinski definition) is 4. The minimum Gasteiger partial charge on any atom is -0.383 e. The highest BCUT2D eigenvalue weighted by Gasteiger charge is 2.53. The van der Waals surface area contributed by atoms with Gasteiger partial charge in [-0.25, -0.2) is 0 Å². The molecule has 0 fully saturated rings. The Labute approximate surface area is 128 Å². The van der Waals surface area contributed by atoms with Crippen molar-refractivity contribution in [3.05, 3.63) is 0 Å². The molecule has 0 radical (unpaired) electrons. The molecule has 0 aromatic rings. The summed E-state index contributed by atoms with van der Waals surface area (Å²) in [6.45, 7) is 23.1. The lowest BCUT2D eigenvalue weighted by molar-refractivity contribution is 0.0764. The molecule has 0 aromatic heterocycles. The molecule has 122 valence electrons. The van der Waals surface area contributed by atoms with Crippen LogP contribution in [-0.4, -0.2) is 43.6 Å². The minimum atomic E-state index is -2.47. The zero-order chi connectivity index (χ0) is 16.4. The van der Waals surface area contributed by atoms with Crippen LogP contribution in [0.5, 0.6) is 0 Å². The number of nitrogens with one attached hydrogen (secondary N) is 2. The predicted octanol–water partition coefficient (Wildman–Crippen LogP) is 2.97. The Morgan fingerprint density at radius 2 is 1.30 bits per heavy atom. The molecule has 4 nitrogen and oxygen atoms in total. The van der Waals surface area contributed by atoms with Gasteiger partial charge in [0.05, 0.1) is 0 Å². The molecule has 0 amide bonds. The molecule has 20 heavy (non-hydrogen) atoms. The first kappa shape index (κ1) is 20.1. The fourth-order valence-corrected chi connectivity index (χ4v) is 7.26. The van der Waals surface area contributed by atoms with Gasteiger partial charge in [-0.15, -0.1) is 0 Å². The third-order valence-corrected chi connectivity index (χ3v) is 7.40. The van der Waals surface area contributed by atoms with Gasteiger partial charge in [0, 0.05) is 23.7 Å². The maximum atomic E-state index is 6.11. The van der Waals surface area contributed by atoms with E-state index in [1.807, 2.05) is 7.11 Å². The van der Waals surface area contributed by atoms with E-state index in [2.05, 4.69) is 83.8 Å². The number of hydrogen-bond donors (Lipinski definition) is 2. The Balaban J connectivity index is 5.89. The van der Waals surface area contributed by atoms with Crippen molar-refractivity contribution in [2.75, 3.05) is 13.7 Å². The summed E-state index contributed by atoms with van der Waals surface area (Å²) in [5, 5.41) is 0. The molecule has 5 heteroatoms. The number of rotatable bonds is 5. The monoisotopic (exact) mass is 303 g/mol. The standard InChI is InChI=1S/C15H37N3OSi/c1-12-16-20(19-11,17-13(2,3)4)18(14(5,6)7)15(8,9)10/h16-17H,12H2,1-11H3. The van der Waals surface area contributed by atoms with Gasteiger partial charge in [0.1, 0.15) is 0 Å². The van der Waals surface area contributed by atoms with Crippen molar-refractivity contribution in [1.29, 1.82) is 0 Å². The van der Waals surface area contributed by atoms with E-state index in [4.69, 9.17) is 4.43 Å². The molecule has 0 aliphatic heterocycles. The van der Waals surface area contributed by atoms with Gasteiger partial charge in [0.15, 0.2) is 0 Å². The number of nitrogens with zero attached hydrogens (tertiary/aromatic N) is 1. The van der Waals surface area contributed by atoms with E-state index >= 15 is 0 Å². The molecule has 0 aromatic carbocycles. The van der Waals surface area contributed by atoms with Crippen molar-refractivity contribution in [3.63, 3.8) is 0 Å². The third kappa shape index (κ3) is 5.45. The topological polar surface area (TPSA) is 36.5 Å². The lowest BCUT2D eigenvalue weighted by Crippen LogP contribution is -2.83. The average Bonchev–Trinajstić information content (AvgIpc) is 2.10. The molecule has 2 N–H and O–H groups in total. The van der Waals surface area contributed by atoms with Crippen LogP contribution in [0, 0.1) is 0 Å². The van der Waals surface area contributed by atoms with Gasteiger partial charge in [0.25, 0.3) is 0 Å². The minimum absolute atomic E-state index is 0.000895. The van der Waals surface area contributed by atoms with E-state index < -0.39 is 8.80 Å². The second kappa shape index (κ2) is 6.44. The maximum absolute atomic E-state index is 6.11. The fourth-order valence-electron chi connectivity index (χ4n) is 3.09. The van der Waals surface area contributed by atoms with E-state index in [0.717, 1.165) is 6.54 Å². The zero-order valence-corrected chi connectivity index (χ0v) is 16.6. The summed E-state index contributed by atoms with van der Waals surface area (Å²) in [6, 6.07) is 0. The van der Waals surface area contributed by atoms with Gasteiger partial charge in [0.2, 0.25) is 0 Å². The summed E-state index contributed by atoms with van der Waals surface area (Å²) in [5.74, 6) is 0. The molecular weight excluding hydrogens is 266 g/mol. The molecule has 0 saturated heterocycles. The Bertz CT molecular complexity index is 288. The molecule has 0 heterocycles. The van der Waals surface area contributed by atoms with Gasteiger partial charge >= 0.3 is 8.80 Å². The molecular formula is C15H37N3OSi. The summed E-state index contributed by atoms with van der Waals surface area (Å²) >= 11 is 0. The van der Waals surface area contributed by atoms with Crippen molar-refractivity contribution in [2.24, 2.45) is 0 Å². The highest BCUT2D eigenvalue weighted by molar-refractivity contribution is 6.66. The van der Waals surface area contributed by atoms with Crippen molar-refractivity contribution in [3.8, 4) is 0 Å². The zero-order valence-electron chi connectivity index (χ0n) is 15.6. The van der Waals surface area contributed by atoms with Crippen LogP contribution in [0.3, 0.4) is 0 Å². The van der Waals surface area contributed by atoms with Crippen LogP contribution < -0.4 is 9.96 Å². The van der Waals surface area contributed by atoms with Crippen LogP contribution >= 0.6 is 0 Å². The molecule has 0 bridgehead atoms. The Morgan fingerprint density at radius 3 is 1.50 bits per heavy atom. The molecule has 0 aliphatic rings. The van der Waals surface area contributed by atoms with Crippen molar-refractivity contribution in [1.82, 2.24) is 14.5 Å². The van der Waals surface area contributed by atoms with Crippen LogP contribution in [0.25, 0.3) is 0 Å². The van der Waals surface area contributed by atoms with E-state index in [1.54, 1.807) is 0 Å². The molecule has 0 aliphatic carbocycles. The van der Waals surface area contributed by atoms with E-state index in [1.165, 1.54) is 0 Å². The smallest absolute Gasteiger partial charge is 0.383 e. The fraction of sp³-hybridized carbons (Fsp3) is 1.00. The van der Waals surface area contributed by atoms with E-state index in [9.17, 15) is 0 Å². The Hall–Kier alpha value is 0.0569. The predicted molar refractivity (Wildman–Crippen MR) is 90.7 cm³/mol. The summed E-state index contributed by atoms with van der Waals surface area (Å²) < 4.78 is 8.61. The van der Waals surface area contributed by atoms with E-state index in [0.29, 0.717) is 0 Å². The van der Waals surface area contributed by atoms with Crippen molar-refractivity contribution in [2.45, 2.75) is 85.9 Å². The van der Waals surface area contributed by atoms with Gasteiger partial charge in [-0.3, -0.25) is 14.5 Å². The summed E-state index contributed by atoms with van der Waals surface area (Å²) in [6.07, 6.45) is 0. The van der Waals surface area contributed by atoms with Crippen LogP contribution in [0.1, 0.15) is 69.2 Å². The second-order valence-electron chi connectivity index (χ2n) is 8.43. The van der Waals surface area contributed by atoms with Crippen LogP contribution in [0.2, 0.25) is 0 Å². The van der Waals surface area contributed by atoms with Gasteiger partial charge in [-0.05, 0) is 68.9 Å². The maximum Gasteiger partial charge on any atom is 0.443 e. The van der Waals surface area contributed by atoms with E-state index in [-0.39, 0.29) is 16.6 Å². The summed E-state index contributed by atoms with van der Waals surface area (Å²) in [5.41, 5.74) is -0.0129. The lowest BCUT2D eigenvalue weighted by Gasteiger charge is -2.55. The first-order chi connectivity index (χ1) is 8.69. The molecule has 1 unspecified atom stereocenters. The van der Waals surface area contributed by atoms with Gasteiger partial charge in [-0.1, -0.05) is 6.92 Å². The highest BCUT2D eigenvalue weighted by atomic mass is 28.4. The van der Waals surface area contributed by atoms with Gasteiger partial charge in [-0.2, -0.15) is 0 Å². The second-order valence-corrected chi connectivity index (χ2v) is 11.2. The first-order valence-electron chi connectivity index (χ1n) is 7.59. The molecule has 0 spiro atoms. The normalized spacial score (nSPS) is 17.4. The van der Waals surface area contributed by atoms with Crippen LogP contribution in [0.4, 0.5) is 0 Å². The Morgan fingerprint density at radius 1 is 0.900 bits per heavy atom. The molecule has 0 saturated carbocycles. The van der Waals surface area contributed by atoms with Crippen LogP contribution in [0.15, 0.2) is 0 Å². The Kier molecular flexibility index (Phi) is 6.46. The highest BCUT2D eigenvalue weighted by Crippen LogP contribution is 2.30. The quantitative estimate of drug-likeness (QED) is 0.766. The lowest BCUT2D eigenvalue weighted by atomic mass is 10.0. The van der Waals surface area contributed by atoms with Crippen molar-refractivity contribution < 1.29 is 4.43 Å². The molecule has 0 rings (SSSR count). The first-order valence-corrected chi connectivity index (χ1v) is 9.45. The SMILES string of the molecule is CCN[Si](NC(C)(C)C)(OC)N(C(C)(C)C)C(C)(C)C.